The van der Waals surface area contributed by atoms with Crippen LogP contribution >= 0.6 is 0 Å². The summed E-state index contributed by atoms with van der Waals surface area (Å²) in [5.41, 5.74) is 1.29. The molecule has 1 atom stereocenters. The first-order valence-corrected chi connectivity index (χ1v) is 10.1. The van der Waals surface area contributed by atoms with Crippen molar-refractivity contribution in [3.8, 4) is 5.69 Å². The van der Waals surface area contributed by atoms with E-state index in [0.717, 1.165) is 18.6 Å². The smallest absolute Gasteiger partial charge is 0.238 e. The minimum atomic E-state index is -3.94. The van der Waals surface area contributed by atoms with E-state index in [1.807, 2.05) is 4.90 Å². The number of hydrogen-bond acceptors (Lipinski definition) is 5. The highest BCUT2D eigenvalue weighted by Crippen LogP contribution is 2.40. The first-order chi connectivity index (χ1) is 13.3. The summed E-state index contributed by atoms with van der Waals surface area (Å²) in [6.45, 7) is 0.538. The van der Waals surface area contributed by atoms with E-state index in [0.29, 0.717) is 24.3 Å². The van der Waals surface area contributed by atoms with Crippen molar-refractivity contribution in [2.45, 2.75) is 23.8 Å². The molecule has 0 unspecified atom stereocenters. The van der Waals surface area contributed by atoms with Gasteiger partial charge in [-0.05, 0) is 49.2 Å². The fourth-order valence-corrected chi connectivity index (χ4v) is 4.12. The molecule has 3 aromatic rings. The Morgan fingerprint density at radius 1 is 1.11 bits per heavy atom. The summed E-state index contributed by atoms with van der Waals surface area (Å²) in [7, 11) is -3.94. The average molecular weight is 405 g/mol. The van der Waals surface area contributed by atoms with Gasteiger partial charge in [0, 0.05) is 12.1 Å². The number of anilines is 1. The zero-order valence-electron chi connectivity index (χ0n) is 14.7. The number of hydrogen-bond donors (Lipinski definition) is 1. The predicted molar refractivity (Wildman–Crippen MR) is 98.4 cm³/mol. The van der Waals surface area contributed by atoms with Crippen LogP contribution in [0.15, 0.2) is 53.9 Å². The molecular formula is C18H17F2N5O2S. The van der Waals surface area contributed by atoms with Crippen LogP contribution in [0.5, 0.6) is 0 Å². The summed E-state index contributed by atoms with van der Waals surface area (Å²) >= 11 is 0. The Morgan fingerprint density at radius 3 is 2.64 bits per heavy atom. The van der Waals surface area contributed by atoms with E-state index < -0.39 is 27.7 Å². The quantitative estimate of drug-likeness (QED) is 0.720. The standard InChI is InChI=1S/C18H17F2N5O2S/c19-12-3-5-15(20)14(8-12)16-2-1-7-24(16)18-9-13(28(21,26)27)4-6-17(18)25-11-22-10-23-25/h3-6,8-11,16H,1-2,7H2,(H2,21,26,27)/t16-/m1/s1. The normalized spacial score (nSPS) is 17.2. The molecule has 28 heavy (non-hydrogen) atoms. The van der Waals surface area contributed by atoms with Gasteiger partial charge >= 0.3 is 0 Å². The summed E-state index contributed by atoms with van der Waals surface area (Å²) in [6.07, 6.45) is 4.15. The maximum absolute atomic E-state index is 14.4. The second-order valence-electron chi connectivity index (χ2n) is 6.55. The second kappa shape index (κ2) is 6.95. The van der Waals surface area contributed by atoms with Crippen molar-refractivity contribution < 1.29 is 17.2 Å². The number of halogens is 2. The van der Waals surface area contributed by atoms with E-state index in [-0.39, 0.29) is 10.5 Å². The van der Waals surface area contributed by atoms with Gasteiger partial charge in [-0.2, -0.15) is 5.10 Å². The highest BCUT2D eigenvalue weighted by atomic mass is 32.2. The number of sulfonamides is 1. The van der Waals surface area contributed by atoms with Gasteiger partial charge < -0.3 is 4.90 Å². The SMILES string of the molecule is NS(=O)(=O)c1ccc(-n2cncn2)c(N2CCC[C@@H]2c2cc(F)ccc2F)c1. The number of nitrogens with zero attached hydrogens (tertiary/aromatic N) is 4. The molecular weight excluding hydrogens is 388 g/mol. The summed E-state index contributed by atoms with van der Waals surface area (Å²) in [5.74, 6) is -1.04. The van der Waals surface area contributed by atoms with Crippen LogP contribution in [0.3, 0.4) is 0 Å². The molecule has 7 nitrogen and oxygen atoms in total. The van der Waals surface area contributed by atoms with Gasteiger partial charge in [-0.1, -0.05) is 0 Å². The molecule has 1 saturated heterocycles. The Hall–Kier alpha value is -2.85. The Balaban J connectivity index is 1.87. The minimum absolute atomic E-state index is 0.0725. The van der Waals surface area contributed by atoms with Crippen LogP contribution < -0.4 is 10.0 Å². The van der Waals surface area contributed by atoms with Gasteiger partial charge in [-0.25, -0.2) is 32.0 Å². The third kappa shape index (κ3) is 3.36. The lowest BCUT2D eigenvalue weighted by atomic mass is 10.0. The molecule has 0 saturated carbocycles. The summed E-state index contributed by atoms with van der Waals surface area (Å²) < 4.78 is 53.4. The van der Waals surface area contributed by atoms with Gasteiger partial charge in [0.15, 0.2) is 0 Å². The Kier molecular flexibility index (Phi) is 4.60. The van der Waals surface area contributed by atoms with Crippen molar-refractivity contribution in [2.24, 2.45) is 5.14 Å². The lowest BCUT2D eigenvalue weighted by Gasteiger charge is -2.29. The largest absolute Gasteiger partial charge is 0.363 e. The Morgan fingerprint density at radius 2 is 1.93 bits per heavy atom. The number of benzene rings is 2. The van der Waals surface area contributed by atoms with Gasteiger partial charge in [0.25, 0.3) is 0 Å². The molecule has 4 rings (SSSR count). The van der Waals surface area contributed by atoms with E-state index in [4.69, 9.17) is 5.14 Å². The molecule has 10 heteroatoms. The molecule has 0 spiro atoms. The molecule has 0 aliphatic carbocycles. The summed E-state index contributed by atoms with van der Waals surface area (Å²) in [4.78, 5) is 5.70. The monoisotopic (exact) mass is 405 g/mol. The molecule has 2 aromatic carbocycles. The zero-order chi connectivity index (χ0) is 19.9. The van der Waals surface area contributed by atoms with Gasteiger partial charge in [0.05, 0.1) is 22.3 Å². The zero-order valence-corrected chi connectivity index (χ0v) is 15.5. The van der Waals surface area contributed by atoms with Crippen molar-refractivity contribution >= 4 is 15.7 Å². The van der Waals surface area contributed by atoms with Crippen molar-refractivity contribution in [2.75, 3.05) is 11.4 Å². The third-order valence-corrected chi connectivity index (χ3v) is 5.73. The lowest BCUT2D eigenvalue weighted by Crippen LogP contribution is -2.25. The van der Waals surface area contributed by atoms with Crippen molar-refractivity contribution in [1.82, 2.24) is 14.8 Å². The topological polar surface area (TPSA) is 94.1 Å². The number of primary sulfonamides is 1. The minimum Gasteiger partial charge on any atom is -0.363 e. The molecule has 146 valence electrons. The summed E-state index contributed by atoms with van der Waals surface area (Å²) in [5, 5.41) is 9.40. The van der Waals surface area contributed by atoms with E-state index in [1.165, 1.54) is 35.5 Å². The molecule has 2 N–H and O–H groups in total. The van der Waals surface area contributed by atoms with Crippen LogP contribution in [-0.2, 0) is 10.0 Å². The van der Waals surface area contributed by atoms with Crippen molar-refractivity contribution in [3.63, 3.8) is 0 Å². The van der Waals surface area contributed by atoms with Crippen LogP contribution in [0, 0.1) is 11.6 Å². The molecule has 2 heterocycles. The maximum atomic E-state index is 14.4. The molecule has 0 bridgehead atoms. The number of nitrogens with two attached hydrogens (primary N) is 1. The van der Waals surface area contributed by atoms with Gasteiger partial charge in [0.1, 0.15) is 24.3 Å². The van der Waals surface area contributed by atoms with Gasteiger partial charge in [0.2, 0.25) is 10.0 Å². The predicted octanol–water partition coefficient (Wildman–Crippen LogP) is 2.53. The maximum Gasteiger partial charge on any atom is 0.238 e. The van der Waals surface area contributed by atoms with E-state index in [9.17, 15) is 17.2 Å². The fraction of sp³-hybridized carbons (Fsp3) is 0.222. The molecule has 1 aromatic heterocycles. The molecule has 0 amide bonds. The number of aromatic nitrogens is 3. The average Bonchev–Trinajstić information content (AvgIpc) is 3.34. The second-order valence-corrected chi connectivity index (χ2v) is 8.11. The molecule has 0 radical (unpaired) electrons. The fourth-order valence-electron chi connectivity index (χ4n) is 3.58. The van der Waals surface area contributed by atoms with Gasteiger partial charge in [-0.15, -0.1) is 0 Å². The van der Waals surface area contributed by atoms with Crippen molar-refractivity contribution in [1.29, 1.82) is 0 Å². The highest BCUT2D eigenvalue weighted by Gasteiger charge is 2.31. The highest BCUT2D eigenvalue weighted by molar-refractivity contribution is 7.89. The van der Waals surface area contributed by atoms with E-state index in [2.05, 4.69) is 10.1 Å². The molecule has 1 fully saturated rings. The first-order valence-electron chi connectivity index (χ1n) is 8.58. The van der Waals surface area contributed by atoms with Crippen LogP contribution in [0.2, 0.25) is 0 Å². The van der Waals surface area contributed by atoms with E-state index >= 15 is 0 Å². The van der Waals surface area contributed by atoms with E-state index in [1.54, 1.807) is 6.07 Å². The van der Waals surface area contributed by atoms with Crippen LogP contribution in [0.1, 0.15) is 24.4 Å². The summed E-state index contributed by atoms with van der Waals surface area (Å²) in [6, 6.07) is 7.28. The Labute approximate surface area is 160 Å². The Bertz CT molecular complexity index is 1120. The third-order valence-electron chi connectivity index (χ3n) is 4.82. The van der Waals surface area contributed by atoms with Crippen LogP contribution in [0.25, 0.3) is 5.69 Å². The van der Waals surface area contributed by atoms with Crippen molar-refractivity contribution in [3.05, 3.63) is 66.3 Å². The molecule has 1 aliphatic heterocycles. The van der Waals surface area contributed by atoms with Crippen LogP contribution in [-0.4, -0.2) is 29.7 Å². The number of rotatable bonds is 4. The lowest BCUT2D eigenvalue weighted by molar-refractivity contribution is 0.560. The van der Waals surface area contributed by atoms with Gasteiger partial charge in [-0.3, -0.25) is 0 Å². The first kappa shape index (κ1) is 18.5. The molecule has 1 aliphatic rings. The van der Waals surface area contributed by atoms with Crippen LogP contribution in [0.4, 0.5) is 14.5 Å².